The lowest BCUT2D eigenvalue weighted by Gasteiger charge is -2.14. The van der Waals surface area contributed by atoms with Gasteiger partial charge in [0, 0.05) is 0 Å². The van der Waals surface area contributed by atoms with Crippen molar-refractivity contribution in [2.24, 2.45) is 5.16 Å². The third-order valence-electron chi connectivity index (χ3n) is 1.27. The van der Waals surface area contributed by atoms with Crippen molar-refractivity contribution in [1.29, 1.82) is 0 Å². The fourth-order valence-electron chi connectivity index (χ4n) is 0.731. The third kappa shape index (κ3) is 4.31. The summed E-state index contributed by atoms with van der Waals surface area (Å²) in [6.07, 6.45) is 1.69. The van der Waals surface area contributed by atoms with Gasteiger partial charge in [-0.25, -0.2) is 0 Å². The molecule has 0 fully saturated rings. The van der Waals surface area contributed by atoms with Crippen LogP contribution in [0.4, 0.5) is 0 Å². The Kier molecular flexibility index (Phi) is 3.07. The van der Waals surface area contributed by atoms with Crippen molar-refractivity contribution in [1.82, 2.24) is 0 Å². The lowest BCUT2D eigenvalue weighted by molar-refractivity contribution is 0.00199. The van der Waals surface area contributed by atoms with Gasteiger partial charge in [0.2, 0.25) is 0 Å². The van der Waals surface area contributed by atoms with Gasteiger partial charge in [-0.2, -0.15) is 0 Å². The first-order chi connectivity index (χ1) is 6.08. The van der Waals surface area contributed by atoms with Crippen LogP contribution in [0.15, 0.2) is 29.4 Å². The molecule has 0 saturated heterocycles. The zero-order chi connectivity index (χ0) is 9.73. The van der Waals surface area contributed by atoms with Crippen LogP contribution in [-0.2, 0) is 4.84 Å². The molecule has 0 bridgehead atoms. The van der Waals surface area contributed by atoms with Crippen LogP contribution in [-0.4, -0.2) is 11.8 Å². The first-order valence-corrected chi connectivity index (χ1v) is 4.25. The molecule has 0 N–H and O–H groups in total. The highest BCUT2D eigenvalue weighted by Crippen LogP contribution is 2.06. The molecule has 69 valence electrons. The summed E-state index contributed by atoms with van der Waals surface area (Å²) in [5.74, 6) is 0. The Hall–Kier alpha value is -1.31. The maximum Gasteiger partial charge on any atom is 0.129 e. The van der Waals surface area contributed by atoms with Gasteiger partial charge in [0.05, 0.1) is 6.21 Å². The molecule has 1 aromatic carbocycles. The molecule has 13 heavy (non-hydrogen) atoms. The van der Waals surface area contributed by atoms with Crippen molar-refractivity contribution in [3.63, 3.8) is 0 Å². The maximum absolute atomic E-state index is 5.19. The van der Waals surface area contributed by atoms with Crippen LogP contribution < -0.4 is 0 Å². The lowest BCUT2D eigenvalue weighted by Crippen LogP contribution is -2.15. The summed E-state index contributed by atoms with van der Waals surface area (Å²) in [4.78, 5) is 5.19. The van der Waals surface area contributed by atoms with E-state index in [9.17, 15) is 0 Å². The van der Waals surface area contributed by atoms with E-state index < -0.39 is 0 Å². The highest BCUT2D eigenvalue weighted by atomic mass is 16.6. The Morgan fingerprint density at radius 1 is 1.31 bits per heavy atom. The molecule has 0 heterocycles. The molecule has 0 unspecified atom stereocenters. The quantitative estimate of drug-likeness (QED) is 0.501. The molecule has 2 nitrogen and oxygen atoms in total. The standard InChI is InChI=1S/C11H14NO/c1-11(2,3)13-12-9-10-7-5-4-6-8-10/h5-9H,1-3H3/b12-9+. The van der Waals surface area contributed by atoms with E-state index in [4.69, 9.17) is 4.84 Å². The molecule has 0 atom stereocenters. The number of hydrogen-bond donors (Lipinski definition) is 0. The second-order valence-corrected chi connectivity index (χ2v) is 3.77. The van der Waals surface area contributed by atoms with Crippen LogP contribution in [0.2, 0.25) is 0 Å². The van der Waals surface area contributed by atoms with Crippen LogP contribution in [0.3, 0.4) is 0 Å². The van der Waals surface area contributed by atoms with Crippen molar-refractivity contribution < 1.29 is 4.84 Å². The summed E-state index contributed by atoms with van der Waals surface area (Å²) in [6.45, 7) is 5.88. The van der Waals surface area contributed by atoms with Gasteiger partial charge >= 0.3 is 0 Å². The highest BCUT2D eigenvalue weighted by Gasteiger charge is 2.08. The normalized spacial score (nSPS) is 11.9. The second-order valence-electron chi connectivity index (χ2n) is 3.77. The molecule has 0 aromatic heterocycles. The summed E-state index contributed by atoms with van der Waals surface area (Å²) in [7, 11) is 0. The van der Waals surface area contributed by atoms with Gasteiger partial charge in [-0.1, -0.05) is 29.4 Å². The summed E-state index contributed by atoms with van der Waals surface area (Å²) < 4.78 is 0. The molecular weight excluding hydrogens is 162 g/mol. The van der Waals surface area contributed by atoms with Gasteiger partial charge in [0.1, 0.15) is 5.60 Å². The molecule has 2 heteroatoms. The molecule has 0 aliphatic heterocycles. The van der Waals surface area contributed by atoms with Crippen LogP contribution in [0.1, 0.15) is 26.3 Å². The zero-order valence-corrected chi connectivity index (χ0v) is 8.24. The van der Waals surface area contributed by atoms with Gasteiger partial charge < -0.3 is 4.84 Å². The molecule has 0 spiro atoms. The smallest absolute Gasteiger partial charge is 0.129 e. The van der Waals surface area contributed by atoms with E-state index in [1.54, 1.807) is 6.21 Å². The van der Waals surface area contributed by atoms with E-state index in [2.05, 4.69) is 11.2 Å². The molecule has 1 aromatic rings. The maximum atomic E-state index is 5.19. The average Bonchev–Trinajstić information content (AvgIpc) is 2.04. The monoisotopic (exact) mass is 176 g/mol. The zero-order valence-electron chi connectivity index (χ0n) is 8.24. The Balaban J connectivity index is 2.51. The number of hydrogen-bond acceptors (Lipinski definition) is 2. The van der Waals surface area contributed by atoms with E-state index in [0.29, 0.717) is 0 Å². The first kappa shape index (κ1) is 9.78. The van der Waals surface area contributed by atoms with E-state index >= 15 is 0 Å². The van der Waals surface area contributed by atoms with Crippen LogP contribution >= 0.6 is 0 Å². The average molecular weight is 176 g/mol. The molecular formula is C11H14NO. The minimum atomic E-state index is -0.225. The lowest BCUT2D eigenvalue weighted by atomic mass is 10.2. The predicted octanol–water partition coefficient (Wildman–Crippen LogP) is 2.64. The Bertz CT molecular complexity index is 272. The van der Waals surface area contributed by atoms with Crippen molar-refractivity contribution in [2.75, 3.05) is 0 Å². The highest BCUT2D eigenvalue weighted by molar-refractivity contribution is 5.78. The van der Waals surface area contributed by atoms with E-state index in [0.717, 1.165) is 5.56 Å². The van der Waals surface area contributed by atoms with Gasteiger partial charge in [0.15, 0.2) is 0 Å². The molecule has 0 amide bonds. The predicted molar refractivity (Wildman–Crippen MR) is 53.7 cm³/mol. The van der Waals surface area contributed by atoms with Crippen molar-refractivity contribution in [2.45, 2.75) is 26.4 Å². The van der Waals surface area contributed by atoms with E-state index in [1.165, 1.54) is 0 Å². The van der Waals surface area contributed by atoms with Crippen LogP contribution in [0, 0.1) is 6.07 Å². The minimum absolute atomic E-state index is 0.225. The third-order valence-corrected chi connectivity index (χ3v) is 1.27. The van der Waals surface area contributed by atoms with Crippen LogP contribution in [0.5, 0.6) is 0 Å². The SMILES string of the molecule is CC(C)(C)O/N=C/c1cc[c]cc1. The van der Waals surface area contributed by atoms with Crippen molar-refractivity contribution in [3.8, 4) is 0 Å². The van der Waals surface area contributed by atoms with E-state index in [1.807, 2.05) is 45.0 Å². The Labute approximate surface area is 79.2 Å². The Morgan fingerprint density at radius 2 is 1.92 bits per heavy atom. The Morgan fingerprint density at radius 3 is 2.46 bits per heavy atom. The molecule has 0 aliphatic rings. The second kappa shape index (κ2) is 4.08. The number of benzene rings is 1. The fourth-order valence-corrected chi connectivity index (χ4v) is 0.731. The minimum Gasteiger partial charge on any atom is -0.390 e. The summed E-state index contributed by atoms with van der Waals surface area (Å²) in [5, 5.41) is 3.87. The van der Waals surface area contributed by atoms with Crippen molar-refractivity contribution >= 4 is 6.21 Å². The molecule has 1 rings (SSSR count). The topological polar surface area (TPSA) is 21.6 Å². The summed E-state index contributed by atoms with van der Waals surface area (Å²) in [5.41, 5.74) is 0.792. The van der Waals surface area contributed by atoms with Gasteiger partial charge in [-0.15, -0.1) is 0 Å². The van der Waals surface area contributed by atoms with Gasteiger partial charge in [0.25, 0.3) is 0 Å². The molecule has 1 radical (unpaired) electrons. The van der Waals surface area contributed by atoms with Gasteiger partial charge in [-0.05, 0) is 32.4 Å². The summed E-state index contributed by atoms with van der Waals surface area (Å²) in [6, 6.07) is 10.5. The molecule has 0 saturated carbocycles. The molecule has 0 aliphatic carbocycles. The number of rotatable bonds is 2. The largest absolute Gasteiger partial charge is 0.390 e. The fraction of sp³-hybridized carbons (Fsp3) is 0.364. The first-order valence-electron chi connectivity index (χ1n) is 4.25. The van der Waals surface area contributed by atoms with E-state index in [-0.39, 0.29) is 5.60 Å². The number of oxime groups is 1. The number of nitrogens with zero attached hydrogens (tertiary/aromatic N) is 1. The summed E-state index contributed by atoms with van der Waals surface area (Å²) >= 11 is 0. The van der Waals surface area contributed by atoms with Crippen LogP contribution in [0.25, 0.3) is 0 Å². The van der Waals surface area contributed by atoms with Gasteiger partial charge in [-0.3, -0.25) is 0 Å². The van der Waals surface area contributed by atoms with Crippen molar-refractivity contribution in [3.05, 3.63) is 35.9 Å².